The van der Waals surface area contributed by atoms with E-state index >= 15 is 0 Å². The third-order valence-corrected chi connectivity index (χ3v) is 3.22. The van der Waals surface area contributed by atoms with Gasteiger partial charge in [-0.05, 0) is 38.5 Å². The van der Waals surface area contributed by atoms with Crippen LogP contribution in [0.1, 0.15) is 23.9 Å². The van der Waals surface area contributed by atoms with Gasteiger partial charge < -0.3 is 11.1 Å². The van der Waals surface area contributed by atoms with Gasteiger partial charge in [0.25, 0.3) is 0 Å². The molecule has 6 heteroatoms. The molecule has 0 atom stereocenters. The Morgan fingerprint density at radius 2 is 2.04 bits per heavy atom. The smallest absolute Gasteiger partial charge is 0.189 e. The highest BCUT2D eigenvalue weighted by molar-refractivity contribution is 14.0. The van der Waals surface area contributed by atoms with Gasteiger partial charge in [-0.25, -0.2) is 9.67 Å². The van der Waals surface area contributed by atoms with Crippen LogP contribution >= 0.6 is 24.0 Å². The lowest BCUT2D eigenvalue weighted by Crippen LogP contribution is -2.32. The first-order chi connectivity index (χ1) is 10.5. The number of aromatic nitrogens is 2. The highest BCUT2D eigenvalue weighted by Gasteiger charge is 2.08. The summed E-state index contributed by atoms with van der Waals surface area (Å²) in [5.74, 6) is 0.422. The number of nitrogens with one attached hydrogen (secondary N) is 1. The van der Waals surface area contributed by atoms with E-state index in [-0.39, 0.29) is 24.0 Å². The van der Waals surface area contributed by atoms with Crippen LogP contribution in [0.5, 0.6) is 0 Å². The van der Waals surface area contributed by atoms with Crippen molar-refractivity contribution in [1.82, 2.24) is 15.1 Å². The van der Waals surface area contributed by atoms with Crippen molar-refractivity contribution in [2.45, 2.75) is 27.3 Å². The van der Waals surface area contributed by atoms with E-state index in [1.165, 1.54) is 0 Å². The number of nitrogens with two attached hydrogens (primary N) is 1. The molecule has 1 aromatic heterocycles. The highest BCUT2D eigenvalue weighted by atomic mass is 127. The molecule has 2 rings (SSSR count). The average Bonchev–Trinajstić information content (AvgIpc) is 2.81. The molecule has 5 nitrogen and oxygen atoms in total. The third-order valence-electron chi connectivity index (χ3n) is 3.22. The largest absolute Gasteiger partial charge is 0.370 e. The summed E-state index contributed by atoms with van der Waals surface area (Å²) in [4.78, 5) is 4.39. The molecule has 0 spiro atoms. The predicted molar refractivity (Wildman–Crippen MR) is 107 cm³/mol. The molecular formula is C17H24IN5. The maximum absolute atomic E-state index is 5.87. The number of aryl methyl sites for hydroxylation is 2. The predicted octanol–water partition coefficient (Wildman–Crippen LogP) is 3.09. The van der Waals surface area contributed by atoms with E-state index in [1.807, 2.05) is 49.7 Å². The van der Waals surface area contributed by atoms with Crippen LogP contribution in [0.2, 0.25) is 0 Å². The minimum absolute atomic E-state index is 0. The number of aliphatic imine (C=N–C) groups is 1. The van der Waals surface area contributed by atoms with Gasteiger partial charge in [0, 0.05) is 12.2 Å². The topological polar surface area (TPSA) is 68.2 Å². The second-order valence-electron chi connectivity index (χ2n) is 5.48. The Balaban J connectivity index is 0.00000264. The van der Waals surface area contributed by atoms with Crippen molar-refractivity contribution in [1.29, 1.82) is 0 Å². The van der Waals surface area contributed by atoms with E-state index in [2.05, 4.69) is 28.1 Å². The number of hydrogen-bond acceptors (Lipinski definition) is 2. The molecule has 1 aromatic carbocycles. The fourth-order valence-electron chi connectivity index (χ4n) is 2.19. The van der Waals surface area contributed by atoms with E-state index in [0.29, 0.717) is 19.0 Å². The van der Waals surface area contributed by atoms with Crippen LogP contribution in [-0.4, -0.2) is 22.3 Å². The summed E-state index contributed by atoms with van der Waals surface area (Å²) in [5.41, 5.74) is 11.1. The number of guanidine groups is 1. The standard InChI is InChI=1S/C17H23N5.HI/c1-12(2)10-19-17(18)20-11-15-7-5-6-8-16(15)22-14(4)9-13(3)21-22;/h5-9H,1,10-11H2,2-4H3,(H3,18,19,20);1H. The summed E-state index contributed by atoms with van der Waals surface area (Å²) in [7, 11) is 0. The maximum Gasteiger partial charge on any atom is 0.189 e. The van der Waals surface area contributed by atoms with E-state index in [0.717, 1.165) is 28.2 Å². The second kappa shape index (κ2) is 8.71. The molecule has 2 aromatic rings. The summed E-state index contributed by atoms with van der Waals surface area (Å²) >= 11 is 0. The van der Waals surface area contributed by atoms with E-state index in [1.54, 1.807) is 0 Å². The van der Waals surface area contributed by atoms with Gasteiger partial charge in [-0.1, -0.05) is 30.4 Å². The summed E-state index contributed by atoms with van der Waals surface area (Å²) in [5, 5.41) is 7.57. The van der Waals surface area contributed by atoms with Gasteiger partial charge in [0.1, 0.15) is 0 Å². The molecular weight excluding hydrogens is 401 g/mol. The van der Waals surface area contributed by atoms with Gasteiger partial charge in [0.2, 0.25) is 0 Å². The molecule has 124 valence electrons. The Labute approximate surface area is 154 Å². The Morgan fingerprint density at radius 1 is 1.35 bits per heavy atom. The Hall–Kier alpha value is -1.83. The molecule has 1 heterocycles. The van der Waals surface area contributed by atoms with Crippen LogP contribution in [0, 0.1) is 13.8 Å². The van der Waals surface area contributed by atoms with Gasteiger partial charge in [-0.3, -0.25) is 0 Å². The van der Waals surface area contributed by atoms with Crippen molar-refractivity contribution in [3.05, 3.63) is 59.4 Å². The van der Waals surface area contributed by atoms with Gasteiger partial charge in [-0.15, -0.1) is 24.0 Å². The number of benzene rings is 1. The molecule has 0 radical (unpaired) electrons. The van der Waals surface area contributed by atoms with Crippen LogP contribution < -0.4 is 11.1 Å². The second-order valence-corrected chi connectivity index (χ2v) is 5.48. The number of rotatable bonds is 5. The lowest BCUT2D eigenvalue weighted by molar-refractivity contribution is 0.816. The maximum atomic E-state index is 5.87. The molecule has 0 saturated carbocycles. The molecule has 0 aliphatic carbocycles. The Kier molecular flexibility index (Phi) is 7.28. The highest BCUT2D eigenvalue weighted by Crippen LogP contribution is 2.17. The van der Waals surface area contributed by atoms with E-state index in [9.17, 15) is 0 Å². The van der Waals surface area contributed by atoms with Crippen LogP contribution in [0.25, 0.3) is 5.69 Å². The quantitative estimate of drug-likeness (QED) is 0.335. The zero-order valence-corrected chi connectivity index (χ0v) is 16.2. The molecule has 0 saturated heterocycles. The van der Waals surface area contributed by atoms with Gasteiger partial charge in [-0.2, -0.15) is 5.10 Å². The van der Waals surface area contributed by atoms with Crippen molar-refractivity contribution < 1.29 is 0 Å². The van der Waals surface area contributed by atoms with E-state index < -0.39 is 0 Å². The lowest BCUT2D eigenvalue weighted by Gasteiger charge is -2.10. The fraction of sp³-hybridized carbons (Fsp3) is 0.294. The number of nitrogens with zero attached hydrogens (tertiary/aromatic N) is 3. The molecule has 0 fully saturated rings. The average molecular weight is 425 g/mol. The molecule has 3 N–H and O–H groups in total. The first-order valence-electron chi connectivity index (χ1n) is 7.27. The van der Waals surface area contributed by atoms with Crippen LogP contribution in [0.15, 0.2) is 47.5 Å². The van der Waals surface area contributed by atoms with Gasteiger partial charge >= 0.3 is 0 Å². The number of para-hydroxylation sites is 1. The summed E-state index contributed by atoms with van der Waals surface area (Å²) < 4.78 is 1.94. The van der Waals surface area contributed by atoms with E-state index in [4.69, 9.17) is 5.73 Å². The molecule has 23 heavy (non-hydrogen) atoms. The van der Waals surface area contributed by atoms with Crippen molar-refractivity contribution in [3.63, 3.8) is 0 Å². The van der Waals surface area contributed by atoms with Gasteiger partial charge in [0.05, 0.1) is 17.9 Å². The van der Waals surface area contributed by atoms with Crippen molar-refractivity contribution >= 4 is 29.9 Å². The normalized spacial score (nSPS) is 11.0. The van der Waals surface area contributed by atoms with Gasteiger partial charge in [0.15, 0.2) is 5.96 Å². The van der Waals surface area contributed by atoms with Crippen molar-refractivity contribution in [2.24, 2.45) is 10.7 Å². The Bertz CT molecular complexity index is 703. The first kappa shape index (κ1) is 19.2. The number of halogens is 1. The summed E-state index contributed by atoms with van der Waals surface area (Å²) in [6.07, 6.45) is 0. The van der Waals surface area contributed by atoms with Crippen LogP contribution in [-0.2, 0) is 6.54 Å². The third kappa shape index (κ3) is 5.38. The fourth-order valence-corrected chi connectivity index (χ4v) is 2.19. The molecule has 0 aliphatic heterocycles. The number of hydrogen-bond donors (Lipinski definition) is 2. The molecule has 0 amide bonds. The summed E-state index contributed by atoms with van der Waals surface area (Å²) in [6, 6.07) is 10.1. The minimum atomic E-state index is 0. The minimum Gasteiger partial charge on any atom is -0.370 e. The van der Waals surface area contributed by atoms with Crippen LogP contribution in [0.4, 0.5) is 0 Å². The van der Waals surface area contributed by atoms with Crippen LogP contribution in [0.3, 0.4) is 0 Å². The first-order valence-corrected chi connectivity index (χ1v) is 7.27. The lowest BCUT2D eigenvalue weighted by atomic mass is 10.2. The molecule has 0 unspecified atom stereocenters. The zero-order valence-electron chi connectivity index (χ0n) is 13.8. The Morgan fingerprint density at radius 3 is 2.65 bits per heavy atom. The van der Waals surface area contributed by atoms with Crippen molar-refractivity contribution in [2.75, 3.05) is 6.54 Å². The summed E-state index contributed by atoms with van der Waals surface area (Å²) in [6.45, 7) is 10.9. The SMILES string of the molecule is C=C(C)CNC(N)=NCc1ccccc1-n1nc(C)cc1C.I. The van der Waals surface area contributed by atoms with Crippen molar-refractivity contribution in [3.8, 4) is 5.69 Å². The monoisotopic (exact) mass is 425 g/mol. The molecule has 0 bridgehead atoms. The molecule has 0 aliphatic rings. The zero-order chi connectivity index (χ0) is 16.1.